The molecular weight excluding hydrogens is 451 g/mol. The average molecular weight is 478 g/mol. The number of carbonyl (C=O) groups excluding carboxylic acids is 1. The second-order valence-corrected chi connectivity index (χ2v) is 6.41. The first-order chi connectivity index (χ1) is 12.6. The van der Waals surface area contributed by atoms with Gasteiger partial charge in [-0.1, -0.05) is 50.2 Å². The fraction of sp³-hybridized carbons (Fsp3) is 0.333. The number of nitrogens with one attached hydrogen (secondary N) is 1. The van der Waals surface area contributed by atoms with Gasteiger partial charge in [-0.15, -0.1) is 24.0 Å². The molecule has 6 heteroatoms. The minimum absolute atomic E-state index is 0. The number of benzene rings is 2. The summed E-state index contributed by atoms with van der Waals surface area (Å²) >= 11 is 0. The van der Waals surface area contributed by atoms with Crippen LogP contribution in [0.1, 0.15) is 30.5 Å². The Morgan fingerprint density at radius 2 is 1.78 bits per heavy atom. The second-order valence-electron chi connectivity index (χ2n) is 6.41. The molecule has 3 N–H and O–H groups in total. The zero-order valence-corrected chi connectivity index (χ0v) is 18.2. The number of para-hydroxylation sites is 2. The van der Waals surface area contributed by atoms with E-state index in [0.29, 0.717) is 6.54 Å². The van der Waals surface area contributed by atoms with E-state index in [1.54, 1.807) is 4.90 Å². The van der Waals surface area contributed by atoms with Crippen molar-refractivity contribution in [1.82, 2.24) is 0 Å². The van der Waals surface area contributed by atoms with Crippen LogP contribution in [0.2, 0.25) is 0 Å². The Morgan fingerprint density at radius 1 is 1.11 bits per heavy atom. The Bertz CT molecular complexity index is 812. The summed E-state index contributed by atoms with van der Waals surface area (Å²) in [4.78, 5) is 18.6. The number of nitrogens with two attached hydrogens (primary N) is 1. The molecule has 5 nitrogen and oxygen atoms in total. The summed E-state index contributed by atoms with van der Waals surface area (Å²) in [6, 6.07) is 14.2. The van der Waals surface area contributed by atoms with Crippen LogP contribution < -0.4 is 16.0 Å². The van der Waals surface area contributed by atoms with E-state index in [1.165, 1.54) is 16.7 Å². The number of anilines is 2. The predicted molar refractivity (Wildman–Crippen MR) is 123 cm³/mol. The van der Waals surface area contributed by atoms with E-state index >= 15 is 0 Å². The normalized spacial score (nSPS) is 13.1. The van der Waals surface area contributed by atoms with Crippen molar-refractivity contribution in [3.63, 3.8) is 0 Å². The van der Waals surface area contributed by atoms with Crippen molar-refractivity contribution < 1.29 is 4.79 Å². The van der Waals surface area contributed by atoms with Crippen molar-refractivity contribution >= 4 is 47.2 Å². The number of nitrogens with zero attached hydrogens (tertiary/aromatic N) is 2. The van der Waals surface area contributed by atoms with Crippen LogP contribution in [-0.4, -0.2) is 25.0 Å². The van der Waals surface area contributed by atoms with Crippen LogP contribution in [-0.2, 0) is 24.1 Å². The number of carbonyl (C=O) groups is 1. The van der Waals surface area contributed by atoms with E-state index in [4.69, 9.17) is 5.73 Å². The predicted octanol–water partition coefficient (Wildman–Crippen LogP) is 3.75. The minimum Gasteiger partial charge on any atom is -0.370 e. The van der Waals surface area contributed by atoms with Gasteiger partial charge in [0.1, 0.15) is 6.54 Å². The smallest absolute Gasteiger partial charge is 0.248 e. The largest absolute Gasteiger partial charge is 0.370 e. The van der Waals surface area contributed by atoms with Crippen LogP contribution in [0.5, 0.6) is 0 Å². The fourth-order valence-electron chi connectivity index (χ4n) is 3.41. The maximum absolute atomic E-state index is 12.5. The lowest BCUT2D eigenvalue weighted by molar-refractivity contribution is -0.117. The molecule has 0 spiro atoms. The monoisotopic (exact) mass is 478 g/mol. The highest BCUT2D eigenvalue weighted by atomic mass is 127. The first-order valence-corrected chi connectivity index (χ1v) is 9.20. The van der Waals surface area contributed by atoms with Crippen molar-refractivity contribution in [1.29, 1.82) is 0 Å². The second kappa shape index (κ2) is 9.73. The molecule has 0 bridgehead atoms. The van der Waals surface area contributed by atoms with Gasteiger partial charge in [-0.25, -0.2) is 4.99 Å². The average Bonchev–Trinajstić information content (AvgIpc) is 3.10. The highest BCUT2D eigenvalue weighted by Gasteiger charge is 2.23. The minimum atomic E-state index is -0.0285. The summed E-state index contributed by atoms with van der Waals surface area (Å²) < 4.78 is 0. The molecule has 2 aromatic rings. The third kappa shape index (κ3) is 4.80. The topological polar surface area (TPSA) is 70.7 Å². The molecule has 0 aliphatic carbocycles. The quantitative estimate of drug-likeness (QED) is 0.391. The Morgan fingerprint density at radius 3 is 2.44 bits per heavy atom. The molecule has 27 heavy (non-hydrogen) atoms. The molecule has 0 unspecified atom stereocenters. The number of halogens is 1. The Kier molecular flexibility index (Phi) is 7.65. The first kappa shape index (κ1) is 21.2. The number of amides is 1. The summed E-state index contributed by atoms with van der Waals surface area (Å²) in [6.07, 6.45) is 2.71. The van der Waals surface area contributed by atoms with Crippen LogP contribution in [0.3, 0.4) is 0 Å². The van der Waals surface area contributed by atoms with Crippen molar-refractivity contribution in [3.8, 4) is 0 Å². The number of guanidine groups is 1. The molecule has 0 saturated carbocycles. The van der Waals surface area contributed by atoms with Gasteiger partial charge in [0.2, 0.25) is 5.91 Å². The van der Waals surface area contributed by atoms with Crippen molar-refractivity contribution in [2.75, 3.05) is 23.3 Å². The standard InChI is InChI=1S/C21H26N4O.HI/c1-3-15-9-7-10-16(4-2)20(15)24-21(22)23-14-19(26)25-13-12-17-8-5-6-11-18(17)25;/h5-11H,3-4,12-14H2,1-2H3,(H3,22,23,24);1H. The molecule has 0 saturated heterocycles. The molecule has 1 aliphatic rings. The van der Waals surface area contributed by atoms with E-state index in [9.17, 15) is 4.79 Å². The molecule has 1 heterocycles. The first-order valence-electron chi connectivity index (χ1n) is 9.20. The molecular formula is C21H27IN4O. The van der Waals surface area contributed by atoms with Gasteiger partial charge in [0.15, 0.2) is 5.96 Å². The lowest BCUT2D eigenvalue weighted by Gasteiger charge is -2.17. The molecule has 0 radical (unpaired) electrons. The van der Waals surface area contributed by atoms with Gasteiger partial charge >= 0.3 is 0 Å². The lowest BCUT2D eigenvalue weighted by atomic mass is 10.0. The number of hydrogen-bond acceptors (Lipinski definition) is 2. The van der Waals surface area contributed by atoms with Gasteiger partial charge in [0.25, 0.3) is 0 Å². The molecule has 1 aliphatic heterocycles. The number of aliphatic imine (C=N–C) groups is 1. The van der Waals surface area contributed by atoms with Crippen LogP contribution in [0.4, 0.5) is 11.4 Å². The molecule has 144 valence electrons. The fourth-order valence-corrected chi connectivity index (χ4v) is 3.41. The Balaban J connectivity index is 0.00000261. The van der Waals surface area contributed by atoms with Crippen molar-refractivity contribution in [3.05, 3.63) is 59.2 Å². The summed E-state index contributed by atoms with van der Waals surface area (Å²) in [5.74, 6) is 0.251. The third-order valence-corrected chi connectivity index (χ3v) is 4.82. The van der Waals surface area contributed by atoms with Crippen LogP contribution >= 0.6 is 24.0 Å². The molecule has 2 aromatic carbocycles. The zero-order valence-electron chi connectivity index (χ0n) is 15.9. The van der Waals surface area contributed by atoms with Crippen LogP contribution in [0, 0.1) is 0 Å². The number of rotatable bonds is 5. The summed E-state index contributed by atoms with van der Waals surface area (Å²) in [7, 11) is 0. The zero-order chi connectivity index (χ0) is 18.5. The summed E-state index contributed by atoms with van der Waals surface area (Å²) in [5.41, 5.74) is 11.7. The number of fused-ring (bicyclic) bond motifs is 1. The van der Waals surface area contributed by atoms with Gasteiger partial charge in [-0.3, -0.25) is 4.79 Å². The van der Waals surface area contributed by atoms with Gasteiger partial charge < -0.3 is 16.0 Å². The number of aryl methyl sites for hydroxylation is 2. The van der Waals surface area contributed by atoms with E-state index in [2.05, 4.69) is 48.4 Å². The lowest BCUT2D eigenvalue weighted by Crippen LogP contribution is -2.33. The van der Waals surface area contributed by atoms with Crippen LogP contribution in [0.25, 0.3) is 0 Å². The Labute approximate surface area is 178 Å². The van der Waals surface area contributed by atoms with Gasteiger partial charge in [-0.2, -0.15) is 0 Å². The van der Waals surface area contributed by atoms with Crippen molar-refractivity contribution in [2.24, 2.45) is 10.7 Å². The molecule has 3 rings (SSSR count). The maximum Gasteiger partial charge on any atom is 0.248 e. The molecule has 0 atom stereocenters. The SMILES string of the molecule is CCc1cccc(CC)c1NC(N)=NCC(=O)N1CCc2ccccc21.I. The molecule has 0 fully saturated rings. The van der Waals surface area contributed by atoms with E-state index < -0.39 is 0 Å². The highest BCUT2D eigenvalue weighted by molar-refractivity contribution is 14.0. The van der Waals surface area contributed by atoms with Crippen LogP contribution in [0.15, 0.2) is 47.5 Å². The van der Waals surface area contributed by atoms with Crippen molar-refractivity contribution in [2.45, 2.75) is 33.1 Å². The third-order valence-electron chi connectivity index (χ3n) is 4.82. The number of hydrogen-bond donors (Lipinski definition) is 2. The summed E-state index contributed by atoms with van der Waals surface area (Å²) in [5, 5.41) is 3.20. The summed E-state index contributed by atoms with van der Waals surface area (Å²) in [6.45, 7) is 4.98. The van der Waals surface area contributed by atoms with Gasteiger partial charge in [0, 0.05) is 17.9 Å². The van der Waals surface area contributed by atoms with E-state index in [0.717, 1.165) is 30.6 Å². The maximum atomic E-state index is 12.5. The molecule has 1 amide bonds. The van der Waals surface area contributed by atoms with E-state index in [1.807, 2.05) is 18.2 Å². The highest BCUT2D eigenvalue weighted by Crippen LogP contribution is 2.27. The molecule has 0 aromatic heterocycles. The van der Waals surface area contributed by atoms with Gasteiger partial charge in [-0.05, 0) is 42.0 Å². The van der Waals surface area contributed by atoms with E-state index in [-0.39, 0.29) is 42.4 Å². The van der Waals surface area contributed by atoms with Gasteiger partial charge in [0.05, 0.1) is 0 Å². The Hall–Kier alpha value is -2.09.